The number of halogens is 2. The van der Waals surface area contributed by atoms with Gasteiger partial charge in [0, 0.05) is 5.02 Å². The van der Waals surface area contributed by atoms with E-state index in [0.29, 0.717) is 0 Å². The summed E-state index contributed by atoms with van der Waals surface area (Å²) in [6.07, 6.45) is 1.03. The lowest BCUT2D eigenvalue weighted by Crippen LogP contribution is -2.24. The number of nitrogens with one attached hydrogen (secondary N) is 1. The highest BCUT2D eigenvalue weighted by molar-refractivity contribution is 6.30. The summed E-state index contributed by atoms with van der Waals surface area (Å²) in [7, 11) is 0. The fourth-order valence-electron chi connectivity index (χ4n) is 2.59. The van der Waals surface area contributed by atoms with E-state index >= 15 is 0 Å². The number of hydrogen-bond donors (Lipinski definition) is 1. The van der Waals surface area contributed by atoms with E-state index in [-0.39, 0.29) is 11.9 Å². The Morgan fingerprint density at radius 2 is 1.90 bits per heavy atom. The van der Waals surface area contributed by atoms with Crippen molar-refractivity contribution in [2.24, 2.45) is 0 Å². The van der Waals surface area contributed by atoms with E-state index < -0.39 is 0 Å². The molecule has 1 atom stereocenters. The Hall–Kier alpha value is -1.38. The van der Waals surface area contributed by atoms with E-state index in [1.165, 1.54) is 0 Å². The molecule has 2 aromatic rings. The van der Waals surface area contributed by atoms with Gasteiger partial charge < -0.3 is 5.32 Å². The molecule has 21 heavy (non-hydrogen) atoms. The van der Waals surface area contributed by atoms with Crippen molar-refractivity contribution in [3.8, 4) is 0 Å². The molecule has 0 aliphatic carbocycles. The van der Waals surface area contributed by atoms with Gasteiger partial charge in [0.25, 0.3) is 0 Å². The molecule has 1 unspecified atom stereocenters. The molecule has 2 aromatic carbocycles. The third-order valence-electron chi connectivity index (χ3n) is 3.54. The van der Waals surface area contributed by atoms with Crippen molar-refractivity contribution in [2.45, 2.75) is 33.2 Å². The molecule has 0 aliphatic rings. The summed E-state index contributed by atoms with van der Waals surface area (Å²) >= 11 is 6.04. The summed E-state index contributed by atoms with van der Waals surface area (Å²) in [6.45, 7) is 6.95. The summed E-state index contributed by atoms with van der Waals surface area (Å²) in [5.41, 5.74) is 4.13. The van der Waals surface area contributed by atoms with Crippen LogP contribution in [0.5, 0.6) is 0 Å². The Bertz CT molecular complexity index is 604. The number of benzene rings is 2. The van der Waals surface area contributed by atoms with Crippen LogP contribution in [0.1, 0.15) is 41.6 Å². The highest BCUT2D eigenvalue weighted by atomic mass is 35.5. The molecule has 1 N–H and O–H groups in total. The molecule has 2 rings (SSSR count). The fraction of sp³-hybridized carbons (Fsp3) is 0.333. The lowest BCUT2D eigenvalue weighted by molar-refractivity contribution is 0.583. The summed E-state index contributed by atoms with van der Waals surface area (Å²) < 4.78 is 13.7. The van der Waals surface area contributed by atoms with Crippen LogP contribution in [0.4, 0.5) is 4.39 Å². The molecular weight excluding hydrogens is 285 g/mol. The number of aryl methyl sites for hydroxylation is 2. The Balaban J connectivity index is 2.46. The van der Waals surface area contributed by atoms with Crippen molar-refractivity contribution in [2.75, 3.05) is 6.54 Å². The molecule has 0 spiro atoms. The zero-order valence-corrected chi connectivity index (χ0v) is 13.5. The second kappa shape index (κ2) is 7.06. The zero-order chi connectivity index (χ0) is 15.4. The monoisotopic (exact) mass is 305 g/mol. The van der Waals surface area contributed by atoms with Gasteiger partial charge in [-0.2, -0.15) is 0 Å². The van der Waals surface area contributed by atoms with Gasteiger partial charge in [0.15, 0.2) is 0 Å². The molecule has 0 saturated carbocycles. The summed E-state index contributed by atoms with van der Waals surface area (Å²) in [4.78, 5) is 0. The minimum atomic E-state index is -0.195. The van der Waals surface area contributed by atoms with E-state index in [0.717, 1.165) is 40.2 Å². The normalized spacial score (nSPS) is 12.4. The van der Waals surface area contributed by atoms with Crippen LogP contribution < -0.4 is 5.32 Å². The second-order valence-corrected chi connectivity index (χ2v) is 5.89. The largest absolute Gasteiger partial charge is 0.306 e. The Labute approximate surface area is 131 Å². The summed E-state index contributed by atoms with van der Waals surface area (Å²) in [6, 6.07) is 11.0. The van der Waals surface area contributed by atoms with Gasteiger partial charge in [-0.05, 0) is 73.3 Å². The predicted octanol–water partition coefficient (Wildman–Crippen LogP) is 5.18. The first-order valence-electron chi connectivity index (χ1n) is 7.27. The standard InChI is InChI=1S/C18H21ClFN/c1-4-7-21-18(14-8-12(2)9-16(20)11-14)17-6-5-15(19)10-13(17)3/h5-6,8-11,18,21H,4,7H2,1-3H3. The van der Waals surface area contributed by atoms with Gasteiger partial charge in [0.05, 0.1) is 6.04 Å². The van der Waals surface area contributed by atoms with Gasteiger partial charge in [0.2, 0.25) is 0 Å². The lowest BCUT2D eigenvalue weighted by Gasteiger charge is -2.22. The van der Waals surface area contributed by atoms with Crippen LogP contribution in [0.25, 0.3) is 0 Å². The smallest absolute Gasteiger partial charge is 0.123 e. The summed E-state index contributed by atoms with van der Waals surface area (Å²) in [5.74, 6) is -0.195. The van der Waals surface area contributed by atoms with Gasteiger partial charge in [-0.1, -0.05) is 30.7 Å². The Kier molecular flexibility index (Phi) is 5.38. The quantitative estimate of drug-likeness (QED) is 0.802. The van der Waals surface area contributed by atoms with Crippen LogP contribution in [-0.2, 0) is 0 Å². The number of rotatable bonds is 5. The maximum Gasteiger partial charge on any atom is 0.123 e. The average molecular weight is 306 g/mol. The highest BCUT2D eigenvalue weighted by Crippen LogP contribution is 2.28. The molecule has 0 radical (unpaired) electrons. The fourth-order valence-corrected chi connectivity index (χ4v) is 2.82. The summed E-state index contributed by atoms with van der Waals surface area (Å²) in [5, 5.41) is 4.23. The van der Waals surface area contributed by atoms with Crippen molar-refractivity contribution in [1.82, 2.24) is 5.32 Å². The van der Waals surface area contributed by atoms with Gasteiger partial charge in [-0.25, -0.2) is 4.39 Å². The third-order valence-corrected chi connectivity index (χ3v) is 3.77. The van der Waals surface area contributed by atoms with Crippen molar-refractivity contribution in [1.29, 1.82) is 0 Å². The van der Waals surface area contributed by atoms with Crippen molar-refractivity contribution in [3.63, 3.8) is 0 Å². The van der Waals surface area contributed by atoms with Crippen LogP contribution in [-0.4, -0.2) is 6.54 Å². The van der Waals surface area contributed by atoms with Crippen LogP contribution in [0.2, 0.25) is 5.02 Å². The van der Waals surface area contributed by atoms with E-state index in [2.05, 4.69) is 12.2 Å². The highest BCUT2D eigenvalue weighted by Gasteiger charge is 2.16. The predicted molar refractivity (Wildman–Crippen MR) is 87.5 cm³/mol. The Morgan fingerprint density at radius 1 is 1.14 bits per heavy atom. The SMILES string of the molecule is CCCNC(c1cc(C)cc(F)c1)c1ccc(Cl)cc1C. The maximum atomic E-state index is 13.7. The molecule has 0 aliphatic heterocycles. The van der Waals surface area contributed by atoms with E-state index in [4.69, 9.17) is 11.6 Å². The molecule has 0 heterocycles. The lowest BCUT2D eigenvalue weighted by atomic mass is 9.94. The molecular formula is C18H21ClFN. The van der Waals surface area contributed by atoms with Crippen molar-refractivity contribution in [3.05, 3.63) is 69.5 Å². The Morgan fingerprint density at radius 3 is 2.52 bits per heavy atom. The molecule has 0 saturated heterocycles. The maximum absolute atomic E-state index is 13.7. The van der Waals surface area contributed by atoms with Gasteiger partial charge >= 0.3 is 0 Å². The molecule has 3 heteroatoms. The first-order valence-corrected chi connectivity index (χ1v) is 7.65. The van der Waals surface area contributed by atoms with E-state index in [1.807, 2.05) is 38.1 Å². The molecule has 0 aromatic heterocycles. The second-order valence-electron chi connectivity index (χ2n) is 5.45. The van der Waals surface area contributed by atoms with Crippen molar-refractivity contribution >= 4 is 11.6 Å². The van der Waals surface area contributed by atoms with Crippen LogP contribution in [0, 0.1) is 19.7 Å². The zero-order valence-electron chi connectivity index (χ0n) is 12.7. The van der Waals surface area contributed by atoms with Gasteiger partial charge in [-0.15, -0.1) is 0 Å². The molecule has 0 amide bonds. The minimum absolute atomic E-state index is 0.0170. The first-order chi connectivity index (χ1) is 10.0. The minimum Gasteiger partial charge on any atom is -0.306 e. The van der Waals surface area contributed by atoms with E-state index in [1.54, 1.807) is 12.1 Å². The first kappa shape index (κ1) is 16.0. The topological polar surface area (TPSA) is 12.0 Å². The van der Waals surface area contributed by atoms with Crippen molar-refractivity contribution < 1.29 is 4.39 Å². The van der Waals surface area contributed by atoms with Crippen LogP contribution in [0.15, 0.2) is 36.4 Å². The molecule has 1 nitrogen and oxygen atoms in total. The van der Waals surface area contributed by atoms with Gasteiger partial charge in [-0.3, -0.25) is 0 Å². The van der Waals surface area contributed by atoms with E-state index in [9.17, 15) is 4.39 Å². The molecule has 112 valence electrons. The third kappa shape index (κ3) is 4.05. The number of hydrogen-bond acceptors (Lipinski definition) is 1. The van der Waals surface area contributed by atoms with Crippen LogP contribution >= 0.6 is 11.6 Å². The molecule has 0 fully saturated rings. The molecule has 0 bridgehead atoms. The van der Waals surface area contributed by atoms with Crippen LogP contribution in [0.3, 0.4) is 0 Å². The van der Waals surface area contributed by atoms with Gasteiger partial charge in [0.1, 0.15) is 5.82 Å². The average Bonchev–Trinajstić information content (AvgIpc) is 2.40.